The average Bonchev–Trinajstić information content (AvgIpc) is 2.28. The second kappa shape index (κ2) is 6.47. The van der Waals surface area contributed by atoms with Crippen LogP contribution in [0.25, 0.3) is 0 Å². The lowest BCUT2D eigenvalue weighted by Gasteiger charge is -2.20. The maximum Gasteiger partial charge on any atom is 0.239 e. The molecule has 0 spiro atoms. The van der Waals surface area contributed by atoms with Gasteiger partial charge in [0.1, 0.15) is 0 Å². The highest BCUT2D eigenvalue weighted by Crippen LogP contribution is 2.25. The van der Waals surface area contributed by atoms with Crippen LogP contribution in [-0.4, -0.2) is 26.0 Å². The molecular formula is C12H18ClN3O. The molecule has 0 aromatic heterocycles. The summed E-state index contributed by atoms with van der Waals surface area (Å²) in [7, 11) is 1.83. The third-order valence-corrected chi connectivity index (χ3v) is 2.72. The average molecular weight is 256 g/mol. The summed E-state index contributed by atoms with van der Waals surface area (Å²) in [5, 5.41) is 3.36. The number of benzene rings is 1. The van der Waals surface area contributed by atoms with Gasteiger partial charge >= 0.3 is 0 Å². The first kappa shape index (κ1) is 13.8. The number of halogens is 1. The van der Waals surface area contributed by atoms with Gasteiger partial charge in [-0.3, -0.25) is 4.79 Å². The zero-order valence-electron chi connectivity index (χ0n) is 10.2. The number of carbonyl (C=O) groups is 1. The van der Waals surface area contributed by atoms with Gasteiger partial charge in [-0.1, -0.05) is 17.7 Å². The van der Waals surface area contributed by atoms with E-state index in [9.17, 15) is 4.79 Å². The summed E-state index contributed by atoms with van der Waals surface area (Å²) >= 11 is 6.13. The molecule has 0 aliphatic rings. The Labute approximate surface area is 107 Å². The van der Waals surface area contributed by atoms with Crippen molar-refractivity contribution in [3.8, 4) is 0 Å². The van der Waals surface area contributed by atoms with Crippen molar-refractivity contribution in [2.24, 2.45) is 5.73 Å². The number of hydrogen-bond donors (Lipinski definition) is 2. The number of nitrogens with two attached hydrogens (primary N) is 1. The van der Waals surface area contributed by atoms with E-state index in [1.165, 1.54) is 0 Å². The molecule has 0 atom stereocenters. The standard InChI is InChI=1S/C12H18ClN3O/c1-3-15-12(17)8-16(2)11-5-4-9(7-14)6-10(11)13/h4-6H,3,7-8,14H2,1-2H3,(H,15,17). The molecule has 4 nitrogen and oxygen atoms in total. The van der Waals surface area contributed by atoms with Crippen LogP contribution < -0.4 is 16.0 Å². The Morgan fingerprint density at radius 3 is 2.76 bits per heavy atom. The van der Waals surface area contributed by atoms with E-state index in [1.807, 2.05) is 37.1 Å². The number of nitrogens with zero attached hydrogens (tertiary/aromatic N) is 1. The van der Waals surface area contributed by atoms with Crippen molar-refractivity contribution >= 4 is 23.2 Å². The smallest absolute Gasteiger partial charge is 0.239 e. The summed E-state index contributed by atoms with van der Waals surface area (Å²) < 4.78 is 0. The second-order valence-corrected chi connectivity index (χ2v) is 4.21. The number of hydrogen-bond acceptors (Lipinski definition) is 3. The largest absolute Gasteiger partial charge is 0.364 e. The third kappa shape index (κ3) is 3.91. The molecule has 94 valence electrons. The Morgan fingerprint density at radius 2 is 2.24 bits per heavy atom. The van der Waals surface area contributed by atoms with Crippen LogP contribution in [0.5, 0.6) is 0 Å². The molecule has 0 heterocycles. The molecule has 0 unspecified atom stereocenters. The normalized spacial score (nSPS) is 10.1. The molecule has 17 heavy (non-hydrogen) atoms. The first-order chi connectivity index (χ1) is 8.08. The van der Waals surface area contributed by atoms with Crippen LogP contribution in [0.3, 0.4) is 0 Å². The van der Waals surface area contributed by atoms with E-state index in [0.29, 0.717) is 18.1 Å². The minimum atomic E-state index is -0.0195. The van der Waals surface area contributed by atoms with Crippen LogP contribution >= 0.6 is 11.6 Å². The Bertz CT molecular complexity index is 395. The molecule has 1 aromatic rings. The highest BCUT2D eigenvalue weighted by molar-refractivity contribution is 6.33. The molecule has 3 N–H and O–H groups in total. The Kier molecular flexibility index (Phi) is 5.25. The molecule has 1 aromatic carbocycles. The molecule has 0 saturated heterocycles. The predicted molar refractivity (Wildman–Crippen MR) is 71.3 cm³/mol. The van der Waals surface area contributed by atoms with Gasteiger partial charge < -0.3 is 16.0 Å². The molecule has 0 aliphatic heterocycles. The molecule has 5 heteroatoms. The quantitative estimate of drug-likeness (QED) is 0.836. The van der Waals surface area contributed by atoms with Gasteiger partial charge in [-0.2, -0.15) is 0 Å². The van der Waals surface area contributed by atoms with Gasteiger partial charge in [-0.05, 0) is 24.6 Å². The van der Waals surface area contributed by atoms with Gasteiger partial charge in [0, 0.05) is 20.1 Å². The fourth-order valence-electron chi connectivity index (χ4n) is 1.54. The molecule has 0 radical (unpaired) electrons. The molecule has 0 bridgehead atoms. The monoisotopic (exact) mass is 255 g/mol. The number of carbonyl (C=O) groups excluding carboxylic acids is 1. The number of anilines is 1. The lowest BCUT2D eigenvalue weighted by molar-refractivity contribution is -0.119. The maximum absolute atomic E-state index is 11.4. The summed E-state index contributed by atoms with van der Waals surface area (Å²) in [6.45, 7) is 3.27. The SMILES string of the molecule is CCNC(=O)CN(C)c1ccc(CN)cc1Cl. The van der Waals surface area contributed by atoms with Gasteiger partial charge in [0.15, 0.2) is 0 Å². The van der Waals surface area contributed by atoms with E-state index < -0.39 is 0 Å². The first-order valence-electron chi connectivity index (χ1n) is 5.54. The molecular weight excluding hydrogens is 238 g/mol. The van der Waals surface area contributed by atoms with Gasteiger partial charge in [-0.25, -0.2) is 0 Å². The topological polar surface area (TPSA) is 58.4 Å². The van der Waals surface area contributed by atoms with Crippen molar-refractivity contribution in [2.45, 2.75) is 13.5 Å². The van der Waals surface area contributed by atoms with E-state index in [-0.39, 0.29) is 12.5 Å². The van der Waals surface area contributed by atoms with Gasteiger partial charge in [-0.15, -0.1) is 0 Å². The lowest BCUT2D eigenvalue weighted by Crippen LogP contribution is -2.35. The number of nitrogens with one attached hydrogen (secondary N) is 1. The summed E-state index contributed by atoms with van der Waals surface area (Å²) in [6, 6.07) is 5.62. The fraction of sp³-hybridized carbons (Fsp3) is 0.417. The van der Waals surface area contributed by atoms with Gasteiger partial charge in [0.25, 0.3) is 0 Å². The Hall–Kier alpha value is -1.26. The van der Waals surface area contributed by atoms with Crippen molar-refractivity contribution in [3.63, 3.8) is 0 Å². The summed E-state index contributed by atoms with van der Waals surface area (Å²) in [6.07, 6.45) is 0. The van der Waals surface area contributed by atoms with Crippen molar-refractivity contribution < 1.29 is 4.79 Å². The van der Waals surface area contributed by atoms with E-state index in [4.69, 9.17) is 17.3 Å². The van der Waals surface area contributed by atoms with Gasteiger partial charge in [0.05, 0.1) is 17.3 Å². The summed E-state index contributed by atoms with van der Waals surface area (Å²) in [5.74, 6) is -0.0195. The number of likely N-dealkylation sites (N-methyl/N-ethyl adjacent to an activating group) is 2. The van der Waals surface area contributed by atoms with E-state index in [1.54, 1.807) is 0 Å². The predicted octanol–water partition coefficient (Wildman–Crippen LogP) is 1.37. The number of rotatable bonds is 5. The van der Waals surface area contributed by atoms with Crippen molar-refractivity contribution in [2.75, 3.05) is 25.0 Å². The van der Waals surface area contributed by atoms with Crippen molar-refractivity contribution in [3.05, 3.63) is 28.8 Å². The van der Waals surface area contributed by atoms with Crippen LogP contribution in [0.15, 0.2) is 18.2 Å². The minimum Gasteiger partial charge on any atom is -0.364 e. The maximum atomic E-state index is 11.4. The highest BCUT2D eigenvalue weighted by atomic mass is 35.5. The molecule has 1 rings (SSSR count). The van der Waals surface area contributed by atoms with E-state index in [2.05, 4.69) is 5.32 Å². The van der Waals surface area contributed by atoms with E-state index >= 15 is 0 Å². The van der Waals surface area contributed by atoms with Crippen LogP contribution in [0.4, 0.5) is 5.69 Å². The molecule has 1 amide bonds. The molecule has 0 saturated carbocycles. The minimum absolute atomic E-state index is 0.0195. The van der Waals surface area contributed by atoms with Crippen LogP contribution in [-0.2, 0) is 11.3 Å². The van der Waals surface area contributed by atoms with Crippen LogP contribution in [0.2, 0.25) is 5.02 Å². The summed E-state index contributed by atoms with van der Waals surface area (Å²) in [4.78, 5) is 13.3. The van der Waals surface area contributed by atoms with Gasteiger partial charge in [0.2, 0.25) is 5.91 Å². The molecule has 0 aliphatic carbocycles. The Balaban J connectivity index is 2.75. The zero-order valence-corrected chi connectivity index (χ0v) is 10.9. The molecule has 0 fully saturated rings. The highest BCUT2D eigenvalue weighted by Gasteiger charge is 2.10. The fourth-order valence-corrected chi connectivity index (χ4v) is 1.89. The van der Waals surface area contributed by atoms with Crippen molar-refractivity contribution in [1.82, 2.24) is 5.32 Å². The van der Waals surface area contributed by atoms with E-state index in [0.717, 1.165) is 11.3 Å². The van der Waals surface area contributed by atoms with Crippen LogP contribution in [0, 0.1) is 0 Å². The second-order valence-electron chi connectivity index (χ2n) is 3.80. The number of amides is 1. The summed E-state index contributed by atoms with van der Waals surface area (Å²) in [5.41, 5.74) is 7.33. The van der Waals surface area contributed by atoms with Crippen LogP contribution in [0.1, 0.15) is 12.5 Å². The lowest BCUT2D eigenvalue weighted by atomic mass is 10.2. The van der Waals surface area contributed by atoms with Crippen molar-refractivity contribution in [1.29, 1.82) is 0 Å². The third-order valence-electron chi connectivity index (χ3n) is 2.41. The Morgan fingerprint density at radius 1 is 1.53 bits per heavy atom. The first-order valence-corrected chi connectivity index (χ1v) is 5.92. The zero-order chi connectivity index (χ0) is 12.8.